The number of rotatable bonds is 74. The summed E-state index contributed by atoms with van der Waals surface area (Å²) < 4.78 is 34.5. The molecule has 3 aliphatic rings. The van der Waals surface area contributed by atoms with Crippen molar-refractivity contribution in [2.45, 2.75) is 503 Å². The molecule has 0 aromatic rings. The average molecular weight is 1530 g/mol. The van der Waals surface area contributed by atoms with Crippen molar-refractivity contribution in [3.63, 3.8) is 0 Å². The minimum atomic E-state index is -1.98. The van der Waals surface area contributed by atoms with E-state index in [0.29, 0.717) is 12.8 Å². The summed E-state index contributed by atoms with van der Waals surface area (Å²) in [5, 5.41) is 121. The Morgan fingerprint density at radius 1 is 0.327 bits per heavy atom. The van der Waals surface area contributed by atoms with Crippen molar-refractivity contribution in [3.8, 4) is 0 Å². The molecule has 3 heterocycles. The Morgan fingerprint density at radius 2 is 0.598 bits per heavy atom. The normalized spacial score (nSPS) is 25.6. The van der Waals surface area contributed by atoms with E-state index in [4.69, 9.17) is 28.4 Å². The summed E-state index contributed by atoms with van der Waals surface area (Å²) in [5.41, 5.74) is 0. The molecule has 3 aliphatic heterocycles. The van der Waals surface area contributed by atoms with Gasteiger partial charge in [0, 0.05) is 6.42 Å². The number of hydrogen-bond acceptors (Lipinski definition) is 18. The SMILES string of the molecule is CCCCCCCCCCCCCCCCCCCCCCC/C=C/CC/C=C/C(O)C(COC1OC(CO)C(OC2OC(CO)C(OC3OC(CO)C(O)C(O)C3O)C(O)C2O)C(O)C1O)NC(=O)CCCCCCCCCCCCCCCCCCCCCCCCCCCCCCCCCCCCC. The molecule has 0 radical (unpaired) electrons. The zero-order valence-electron chi connectivity index (χ0n) is 68.2. The second kappa shape index (κ2) is 68.7. The molecule has 12 N–H and O–H groups in total. The Hall–Kier alpha value is -1.73. The minimum absolute atomic E-state index is 0.241. The van der Waals surface area contributed by atoms with Gasteiger partial charge in [0.25, 0.3) is 0 Å². The maximum atomic E-state index is 13.5. The molecular weight excluding hydrogens is 1360 g/mol. The van der Waals surface area contributed by atoms with Gasteiger partial charge >= 0.3 is 0 Å². The highest BCUT2D eigenvalue weighted by molar-refractivity contribution is 5.76. The molecule has 1 amide bonds. The lowest BCUT2D eigenvalue weighted by Gasteiger charge is -2.48. The molecule has 3 fully saturated rings. The summed E-state index contributed by atoms with van der Waals surface area (Å²) in [6.07, 6.45) is 59.2. The van der Waals surface area contributed by atoms with Crippen LogP contribution in [-0.2, 0) is 33.2 Å². The second-order valence-corrected chi connectivity index (χ2v) is 32.4. The fourth-order valence-corrected chi connectivity index (χ4v) is 15.6. The lowest BCUT2D eigenvalue weighted by Crippen LogP contribution is -2.66. The Labute approximate surface area is 651 Å². The van der Waals surface area contributed by atoms with Gasteiger partial charge in [0.2, 0.25) is 5.91 Å². The lowest BCUT2D eigenvalue weighted by atomic mass is 9.96. The number of hydrogen-bond donors (Lipinski definition) is 12. The molecule has 632 valence electrons. The van der Waals surface area contributed by atoms with Gasteiger partial charge < -0.3 is 89.9 Å². The van der Waals surface area contributed by atoms with E-state index in [-0.39, 0.29) is 18.9 Å². The number of amides is 1. The van der Waals surface area contributed by atoms with Crippen molar-refractivity contribution in [2.75, 3.05) is 26.4 Å². The first-order chi connectivity index (χ1) is 52.3. The van der Waals surface area contributed by atoms with Gasteiger partial charge in [0.1, 0.15) is 73.2 Å². The number of aliphatic hydroxyl groups is 11. The number of aliphatic hydroxyl groups excluding tert-OH is 11. The van der Waals surface area contributed by atoms with Gasteiger partial charge in [0.05, 0.1) is 38.6 Å². The van der Waals surface area contributed by atoms with Gasteiger partial charge in [-0.1, -0.05) is 385 Å². The van der Waals surface area contributed by atoms with Crippen molar-refractivity contribution in [2.24, 2.45) is 0 Å². The van der Waals surface area contributed by atoms with E-state index in [0.717, 1.165) is 38.5 Å². The predicted octanol–water partition coefficient (Wildman–Crippen LogP) is 16.9. The molecule has 0 aliphatic carbocycles. The maximum Gasteiger partial charge on any atom is 0.220 e. The molecule has 0 aromatic carbocycles. The van der Waals surface area contributed by atoms with E-state index in [9.17, 15) is 61.0 Å². The molecule has 17 atom stereocenters. The first kappa shape index (κ1) is 99.5. The van der Waals surface area contributed by atoms with Gasteiger partial charge in [-0.15, -0.1) is 0 Å². The first-order valence-electron chi connectivity index (χ1n) is 45.1. The summed E-state index contributed by atoms with van der Waals surface area (Å²) in [4.78, 5) is 13.5. The molecule has 19 nitrogen and oxygen atoms in total. The molecule has 0 saturated carbocycles. The molecule has 0 spiro atoms. The Bertz CT molecular complexity index is 2020. The first-order valence-corrected chi connectivity index (χ1v) is 45.1. The second-order valence-electron chi connectivity index (χ2n) is 32.4. The highest BCUT2D eigenvalue weighted by Gasteiger charge is 2.54. The Balaban J connectivity index is 1.33. The largest absolute Gasteiger partial charge is 0.394 e. The van der Waals surface area contributed by atoms with E-state index >= 15 is 0 Å². The quantitative estimate of drug-likeness (QED) is 0.0199. The summed E-state index contributed by atoms with van der Waals surface area (Å²) in [6, 6.07) is -0.989. The van der Waals surface area contributed by atoms with Gasteiger partial charge in [-0.3, -0.25) is 4.79 Å². The molecule has 107 heavy (non-hydrogen) atoms. The molecule has 0 bridgehead atoms. The van der Waals surface area contributed by atoms with Crippen LogP contribution in [0, 0.1) is 0 Å². The fourth-order valence-electron chi connectivity index (χ4n) is 15.6. The third-order valence-corrected chi connectivity index (χ3v) is 22.8. The van der Waals surface area contributed by atoms with Gasteiger partial charge in [0.15, 0.2) is 18.9 Å². The summed E-state index contributed by atoms with van der Waals surface area (Å²) in [6.45, 7) is 1.80. The van der Waals surface area contributed by atoms with Gasteiger partial charge in [-0.05, 0) is 32.1 Å². The third-order valence-electron chi connectivity index (χ3n) is 22.8. The van der Waals surface area contributed by atoms with Crippen LogP contribution in [-0.4, -0.2) is 193 Å². The van der Waals surface area contributed by atoms with Crippen molar-refractivity contribution in [3.05, 3.63) is 24.3 Å². The topological polar surface area (TPSA) is 307 Å². The molecule has 17 unspecified atom stereocenters. The van der Waals surface area contributed by atoms with Crippen LogP contribution in [0.1, 0.15) is 399 Å². The zero-order valence-corrected chi connectivity index (χ0v) is 68.2. The molecule has 3 saturated heterocycles. The number of allylic oxidation sites excluding steroid dienone is 3. The van der Waals surface area contributed by atoms with E-state index in [1.165, 1.54) is 327 Å². The van der Waals surface area contributed by atoms with Crippen molar-refractivity contribution >= 4 is 5.91 Å². The smallest absolute Gasteiger partial charge is 0.220 e. The van der Waals surface area contributed by atoms with Crippen LogP contribution < -0.4 is 5.32 Å². The van der Waals surface area contributed by atoms with Crippen LogP contribution in [0.5, 0.6) is 0 Å². The summed E-state index contributed by atoms with van der Waals surface area (Å²) in [7, 11) is 0. The van der Waals surface area contributed by atoms with Crippen LogP contribution in [0.25, 0.3) is 0 Å². The van der Waals surface area contributed by atoms with Gasteiger partial charge in [-0.2, -0.15) is 0 Å². The van der Waals surface area contributed by atoms with E-state index < -0.39 is 124 Å². The fraction of sp³-hybridized carbons (Fsp3) is 0.943. The van der Waals surface area contributed by atoms with Crippen molar-refractivity contribution in [1.29, 1.82) is 0 Å². The summed E-state index contributed by atoms with van der Waals surface area (Å²) >= 11 is 0. The van der Waals surface area contributed by atoms with Crippen molar-refractivity contribution in [1.82, 2.24) is 5.32 Å². The van der Waals surface area contributed by atoms with Crippen LogP contribution in [0.4, 0.5) is 0 Å². The van der Waals surface area contributed by atoms with Crippen LogP contribution in [0.2, 0.25) is 0 Å². The van der Waals surface area contributed by atoms with Crippen LogP contribution in [0.3, 0.4) is 0 Å². The van der Waals surface area contributed by atoms with E-state index in [1.54, 1.807) is 6.08 Å². The molecular formula is C88H167NO18. The van der Waals surface area contributed by atoms with E-state index in [2.05, 4.69) is 31.3 Å². The highest BCUT2D eigenvalue weighted by Crippen LogP contribution is 2.34. The summed E-state index contributed by atoms with van der Waals surface area (Å²) in [5.74, 6) is -0.276. The maximum absolute atomic E-state index is 13.5. The predicted molar refractivity (Wildman–Crippen MR) is 430 cm³/mol. The number of carbonyl (C=O) groups excluding carboxylic acids is 1. The third kappa shape index (κ3) is 47.7. The zero-order chi connectivity index (χ0) is 77.4. The molecule has 0 aromatic heterocycles. The average Bonchev–Trinajstić information content (AvgIpc) is 0.782. The Morgan fingerprint density at radius 3 is 0.935 bits per heavy atom. The standard InChI is InChI=1S/C88H167NO18/c1-3-5-7-9-11-13-15-17-19-21-23-25-27-29-31-32-33-34-35-36-37-38-40-42-44-46-48-50-52-54-56-58-60-62-64-66-76(94)89-71(72(93)65-63-61-59-57-55-53-51-49-47-45-43-41-39-30-28-26-24-22-20-18-16-14-12-10-8-6-4-2)70-102-86-82(100)79(97)84(74(68-91)104-86)107-88-83(101)80(98)85(75(69-92)105-88)106-87-81(99)78(96)77(95)73(67-90)103-87/h55,57,63,65,71-75,77-88,90-93,95-101H,3-54,56,58-62,64,66-70H2,1-2H3,(H,89,94)/b57-55+,65-63+. The van der Waals surface area contributed by atoms with Crippen LogP contribution in [0.15, 0.2) is 24.3 Å². The highest BCUT2D eigenvalue weighted by atomic mass is 16.8. The number of carbonyl (C=O) groups is 1. The number of ether oxygens (including phenoxy) is 6. The van der Waals surface area contributed by atoms with Crippen LogP contribution >= 0.6 is 0 Å². The molecule has 19 heteroatoms. The number of nitrogens with one attached hydrogen (secondary N) is 1. The lowest BCUT2D eigenvalue weighted by molar-refractivity contribution is -0.379. The van der Waals surface area contributed by atoms with Crippen molar-refractivity contribution < 1.29 is 89.4 Å². The van der Waals surface area contributed by atoms with Gasteiger partial charge in [-0.25, -0.2) is 0 Å². The Kier molecular flexibility index (Phi) is 63.8. The van der Waals surface area contributed by atoms with E-state index in [1.807, 2.05) is 6.08 Å². The minimum Gasteiger partial charge on any atom is -0.394 e. The molecule has 3 rings (SSSR count). The monoisotopic (exact) mass is 1530 g/mol. The number of unbranched alkanes of at least 4 members (excludes halogenated alkanes) is 56.